The van der Waals surface area contributed by atoms with Gasteiger partial charge in [-0.05, 0) is 44.4 Å². The number of carbonyl (C=O) groups excluding carboxylic acids is 1. The number of aromatic nitrogens is 3. The zero-order valence-electron chi connectivity index (χ0n) is 19.1. The summed E-state index contributed by atoms with van der Waals surface area (Å²) >= 11 is 0. The fourth-order valence-electron chi connectivity index (χ4n) is 4.60. The summed E-state index contributed by atoms with van der Waals surface area (Å²) in [6, 6.07) is 18.0. The van der Waals surface area contributed by atoms with Crippen LogP contribution < -0.4 is 5.32 Å². The average Bonchev–Trinajstić information content (AvgIpc) is 3.39. The summed E-state index contributed by atoms with van der Waals surface area (Å²) in [5, 5.41) is 7.81. The standard InChI is InChI=1S/C26H29N5O2/c1-18-22(19(2)31(29-18)16-20-9-4-3-5-10-20)15-27-26(32)30-14-8-11-21(17-30)25-28-23-12-6-7-13-24(23)33-25/h3-7,9-10,12-13,21H,8,11,14-17H2,1-2H3,(H,27,32). The molecule has 0 aliphatic carbocycles. The summed E-state index contributed by atoms with van der Waals surface area (Å²) in [5.41, 5.74) is 5.98. The van der Waals surface area contributed by atoms with Crippen LogP contribution in [0.1, 0.15) is 47.2 Å². The van der Waals surface area contributed by atoms with Crippen LogP contribution in [0, 0.1) is 13.8 Å². The second kappa shape index (κ2) is 9.10. The minimum absolute atomic E-state index is 0.0505. The SMILES string of the molecule is Cc1nn(Cc2ccccc2)c(C)c1CNC(=O)N1CCCC(c2nc3ccccc3o2)C1. The molecule has 1 unspecified atom stereocenters. The van der Waals surface area contributed by atoms with Crippen molar-refractivity contribution >= 4 is 17.1 Å². The number of piperidine rings is 1. The largest absolute Gasteiger partial charge is 0.440 e. The predicted octanol–water partition coefficient (Wildman–Crippen LogP) is 4.78. The van der Waals surface area contributed by atoms with Crippen LogP contribution in [-0.4, -0.2) is 38.8 Å². The molecule has 0 bridgehead atoms. The van der Waals surface area contributed by atoms with Crippen molar-refractivity contribution in [2.45, 2.75) is 45.7 Å². The third kappa shape index (κ3) is 4.49. The maximum atomic E-state index is 13.0. The minimum atomic E-state index is -0.0505. The van der Waals surface area contributed by atoms with Crippen LogP contribution in [-0.2, 0) is 13.1 Å². The number of hydrogen-bond acceptors (Lipinski definition) is 4. The molecule has 1 atom stereocenters. The van der Waals surface area contributed by atoms with Crippen molar-refractivity contribution in [2.24, 2.45) is 0 Å². The number of nitrogens with one attached hydrogen (secondary N) is 1. The summed E-state index contributed by atoms with van der Waals surface area (Å²) in [7, 11) is 0. The van der Waals surface area contributed by atoms with Gasteiger partial charge in [-0.3, -0.25) is 4.68 Å². The normalized spacial score (nSPS) is 16.3. The molecule has 3 heterocycles. The molecule has 7 heteroatoms. The van der Waals surface area contributed by atoms with Gasteiger partial charge in [0.1, 0.15) is 5.52 Å². The molecule has 1 aliphatic heterocycles. The molecular formula is C26H29N5O2. The highest BCUT2D eigenvalue weighted by molar-refractivity contribution is 5.74. The molecule has 0 spiro atoms. The van der Waals surface area contributed by atoms with Gasteiger partial charge in [0, 0.05) is 30.9 Å². The molecular weight excluding hydrogens is 414 g/mol. The third-order valence-electron chi connectivity index (χ3n) is 6.49. The smallest absolute Gasteiger partial charge is 0.317 e. The monoisotopic (exact) mass is 443 g/mol. The number of hydrogen-bond donors (Lipinski definition) is 1. The van der Waals surface area contributed by atoms with Crippen LogP contribution in [0.15, 0.2) is 59.0 Å². The van der Waals surface area contributed by atoms with E-state index in [-0.39, 0.29) is 11.9 Å². The van der Waals surface area contributed by atoms with Crippen LogP contribution in [0.2, 0.25) is 0 Å². The van der Waals surface area contributed by atoms with Crippen LogP contribution in [0.25, 0.3) is 11.1 Å². The first-order chi connectivity index (χ1) is 16.1. The predicted molar refractivity (Wildman–Crippen MR) is 127 cm³/mol. The van der Waals surface area contributed by atoms with E-state index in [2.05, 4.69) is 29.4 Å². The number of oxazole rings is 1. The van der Waals surface area contributed by atoms with Crippen LogP contribution >= 0.6 is 0 Å². The first-order valence-corrected chi connectivity index (χ1v) is 11.5. The van der Waals surface area contributed by atoms with Crippen molar-refractivity contribution in [2.75, 3.05) is 13.1 Å². The van der Waals surface area contributed by atoms with Crippen molar-refractivity contribution in [1.29, 1.82) is 0 Å². The Morgan fingerprint density at radius 3 is 2.73 bits per heavy atom. The molecule has 4 aromatic rings. The number of benzene rings is 2. The third-order valence-corrected chi connectivity index (χ3v) is 6.49. The Labute approximate surface area is 193 Å². The fraction of sp³-hybridized carbons (Fsp3) is 0.346. The number of para-hydroxylation sites is 2. The van der Waals surface area contributed by atoms with E-state index in [1.165, 1.54) is 5.56 Å². The number of carbonyl (C=O) groups is 1. The topological polar surface area (TPSA) is 76.2 Å². The van der Waals surface area contributed by atoms with Crippen molar-refractivity contribution in [3.05, 3.63) is 83.0 Å². The Morgan fingerprint density at radius 1 is 1.12 bits per heavy atom. The minimum Gasteiger partial charge on any atom is -0.440 e. The Hall–Kier alpha value is -3.61. The molecule has 2 aromatic heterocycles. The summed E-state index contributed by atoms with van der Waals surface area (Å²) in [5.74, 6) is 0.844. The van der Waals surface area contributed by atoms with Crippen LogP contribution in [0.5, 0.6) is 0 Å². The molecule has 0 radical (unpaired) electrons. The molecule has 1 aliphatic rings. The fourth-order valence-corrected chi connectivity index (χ4v) is 4.60. The molecule has 1 saturated heterocycles. The first-order valence-electron chi connectivity index (χ1n) is 11.5. The summed E-state index contributed by atoms with van der Waals surface area (Å²) in [6.07, 6.45) is 1.91. The number of urea groups is 1. The lowest BCUT2D eigenvalue weighted by atomic mass is 9.98. The van der Waals surface area contributed by atoms with Gasteiger partial charge in [0.2, 0.25) is 0 Å². The molecule has 170 valence electrons. The van der Waals surface area contributed by atoms with Crippen molar-refractivity contribution in [3.8, 4) is 0 Å². The van der Waals surface area contributed by atoms with E-state index in [0.717, 1.165) is 59.9 Å². The van der Waals surface area contributed by atoms with E-state index in [9.17, 15) is 4.79 Å². The van der Waals surface area contributed by atoms with Gasteiger partial charge in [-0.25, -0.2) is 9.78 Å². The zero-order valence-corrected chi connectivity index (χ0v) is 19.1. The Kier molecular flexibility index (Phi) is 5.86. The maximum absolute atomic E-state index is 13.0. The quantitative estimate of drug-likeness (QED) is 0.482. The molecule has 5 rings (SSSR count). The second-order valence-corrected chi connectivity index (χ2v) is 8.76. The van der Waals surface area contributed by atoms with Gasteiger partial charge in [0.05, 0.1) is 18.2 Å². The van der Waals surface area contributed by atoms with Gasteiger partial charge < -0.3 is 14.6 Å². The molecule has 1 N–H and O–H groups in total. The van der Waals surface area contributed by atoms with E-state index in [1.54, 1.807) is 0 Å². The van der Waals surface area contributed by atoms with E-state index in [1.807, 2.05) is 59.0 Å². The van der Waals surface area contributed by atoms with E-state index >= 15 is 0 Å². The average molecular weight is 444 g/mol. The van der Waals surface area contributed by atoms with E-state index in [0.29, 0.717) is 13.1 Å². The number of rotatable bonds is 5. The van der Waals surface area contributed by atoms with Crippen LogP contribution in [0.4, 0.5) is 4.79 Å². The Morgan fingerprint density at radius 2 is 1.91 bits per heavy atom. The highest BCUT2D eigenvalue weighted by atomic mass is 16.3. The number of fused-ring (bicyclic) bond motifs is 1. The Balaban J connectivity index is 1.22. The molecule has 7 nitrogen and oxygen atoms in total. The lowest BCUT2D eigenvalue weighted by molar-refractivity contribution is 0.174. The lowest BCUT2D eigenvalue weighted by Gasteiger charge is -2.31. The van der Waals surface area contributed by atoms with Gasteiger partial charge >= 0.3 is 6.03 Å². The second-order valence-electron chi connectivity index (χ2n) is 8.76. The van der Waals surface area contributed by atoms with Crippen molar-refractivity contribution < 1.29 is 9.21 Å². The molecule has 1 fully saturated rings. The van der Waals surface area contributed by atoms with Crippen molar-refractivity contribution in [1.82, 2.24) is 25.0 Å². The molecule has 2 aromatic carbocycles. The molecule has 2 amide bonds. The number of likely N-dealkylation sites (tertiary alicyclic amines) is 1. The van der Waals surface area contributed by atoms with E-state index < -0.39 is 0 Å². The van der Waals surface area contributed by atoms with Gasteiger partial charge in [-0.2, -0.15) is 5.10 Å². The number of aryl methyl sites for hydroxylation is 1. The van der Waals surface area contributed by atoms with Crippen molar-refractivity contribution in [3.63, 3.8) is 0 Å². The lowest BCUT2D eigenvalue weighted by Crippen LogP contribution is -2.44. The molecule has 0 saturated carbocycles. The number of amides is 2. The highest BCUT2D eigenvalue weighted by Crippen LogP contribution is 2.29. The van der Waals surface area contributed by atoms with Gasteiger partial charge in [0.25, 0.3) is 0 Å². The van der Waals surface area contributed by atoms with Gasteiger partial charge in [0.15, 0.2) is 11.5 Å². The zero-order chi connectivity index (χ0) is 22.8. The summed E-state index contributed by atoms with van der Waals surface area (Å²) < 4.78 is 7.98. The summed E-state index contributed by atoms with van der Waals surface area (Å²) in [6.45, 7) is 6.61. The Bertz CT molecular complexity index is 1230. The highest BCUT2D eigenvalue weighted by Gasteiger charge is 2.28. The molecule has 33 heavy (non-hydrogen) atoms. The van der Waals surface area contributed by atoms with Gasteiger partial charge in [-0.1, -0.05) is 42.5 Å². The van der Waals surface area contributed by atoms with Gasteiger partial charge in [-0.15, -0.1) is 0 Å². The summed E-state index contributed by atoms with van der Waals surface area (Å²) in [4.78, 5) is 19.5. The number of nitrogens with zero attached hydrogens (tertiary/aromatic N) is 4. The van der Waals surface area contributed by atoms with Crippen LogP contribution in [0.3, 0.4) is 0 Å². The van der Waals surface area contributed by atoms with E-state index in [4.69, 9.17) is 9.52 Å². The maximum Gasteiger partial charge on any atom is 0.317 e. The first kappa shape index (κ1) is 21.2.